The fourth-order valence-electron chi connectivity index (χ4n) is 1.75. The smallest absolute Gasteiger partial charge is 0.158 e. The van der Waals surface area contributed by atoms with Crippen molar-refractivity contribution >= 4 is 33.3 Å². The maximum Gasteiger partial charge on any atom is 0.158 e. The lowest BCUT2D eigenvalue weighted by molar-refractivity contribution is -0.119. The van der Waals surface area contributed by atoms with Crippen LogP contribution >= 0.6 is 27.5 Å². The Labute approximate surface area is 124 Å². The fraction of sp³-hybridized carbons (Fsp3) is 0.231. The van der Waals surface area contributed by atoms with Crippen LogP contribution in [0, 0.1) is 0 Å². The summed E-state index contributed by atoms with van der Waals surface area (Å²) in [7, 11) is 1.78. The normalized spacial score (nSPS) is 12.4. The number of halogens is 2. The SMILES string of the molecule is Cn1cc(C(N)C(=O)Cc2ccc(Br)cc2Cl)cn1. The summed E-state index contributed by atoms with van der Waals surface area (Å²) in [5.74, 6) is -0.0859. The van der Waals surface area contributed by atoms with E-state index in [-0.39, 0.29) is 12.2 Å². The van der Waals surface area contributed by atoms with Crippen LogP contribution in [0.2, 0.25) is 5.02 Å². The molecule has 2 aromatic rings. The molecule has 0 spiro atoms. The number of nitrogens with two attached hydrogens (primary N) is 1. The van der Waals surface area contributed by atoms with E-state index in [0.717, 1.165) is 10.0 Å². The molecule has 1 atom stereocenters. The van der Waals surface area contributed by atoms with Gasteiger partial charge in [-0.2, -0.15) is 5.10 Å². The summed E-state index contributed by atoms with van der Waals surface area (Å²) in [5.41, 5.74) is 7.41. The zero-order valence-corrected chi connectivity index (χ0v) is 12.6. The highest BCUT2D eigenvalue weighted by atomic mass is 79.9. The third kappa shape index (κ3) is 3.43. The maximum absolute atomic E-state index is 12.1. The van der Waals surface area contributed by atoms with Gasteiger partial charge in [0.25, 0.3) is 0 Å². The number of carbonyl (C=O) groups excluding carboxylic acids is 1. The van der Waals surface area contributed by atoms with Gasteiger partial charge in [-0.05, 0) is 17.7 Å². The summed E-state index contributed by atoms with van der Waals surface area (Å²) in [6.45, 7) is 0. The summed E-state index contributed by atoms with van der Waals surface area (Å²) < 4.78 is 2.50. The van der Waals surface area contributed by atoms with Crippen LogP contribution in [-0.2, 0) is 18.3 Å². The van der Waals surface area contributed by atoms with Crippen molar-refractivity contribution in [3.63, 3.8) is 0 Å². The van der Waals surface area contributed by atoms with E-state index in [9.17, 15) is 4.79 Å². The molecule has 0 radical (unpaired) electrons. The molecule has 0 saturated heterocycles. The minimum Gasteiger partial charge on any atom is -0.318 e. The van der Waals surface area contributed by atoms with E-state index in [1.165, 1.54) is 0 Å². The first-order chi connectivity index (χ1) is 8.97. The molecule has 0 fully saturated rings. The van der Waals surface area contributed by atoms with Crippen molar-refractivity contribution < 1.29 is 4.79 Å². The number of hydrogen-bond acceptors (Lipinski definition) is 3. The zero-order chi connectivity index (χ0) is 14.0. The van der Waals surface area contributed by atoms with Crippen LogP contribution in [0.3, 0.4) is 0 Å². The minimum atomic E-state index is -0.673. The van der Waals surface area contributed by atoms with Crippen LogP contribution in [0.5, 0.6) is 0 Å². The van der Waals surface area contributed by atoms with Gasteiger partial charge in [0.2, 0.25) is 0 Å². The molecule has 1 unspecified atom stereocenters. The van der Waals surface area contributed by atoms with Crippen molar-refractivity contribution in [1.82, 2.24) is 9.78 Å². The summed E-state index contributed by atoms with van der Waals surface area (Å²) >= 11 is 9.41. The van der Waals surface area contributed by atoms with E-state index in [1.807, 2.05) is 12.1 Å². The number of nitrogens with zero attached hydrogens (tertiary/aromatic N) is 2. The van der Waals surface area contributed by atoms with Gasteiger partial charge in [-0.1, -0.05) is 33.6 Å². The van der Waals surface area contributed by atoms with Gasteiger partial charge in [0.15, 0.2) is 5.78 Å². The number of aryl methyl sites for hydroxylation is 1. The lowest BCUT2D eigenvalue weighted by Crippen LogP contribution is -2.22. The average molecular weight is 343 g/mol. The third-order valence-corrected chi connectivity index (χ3v) is 3.66. The molecule has 2 rings (SSSR count). The van der Waals surface area contributed by atoms with Crippen molar-refractivity contribution in [3.8, 4) is 0 Å². The van der Waals surface area contributed by atoms with Crippen molar-refractivity contribution in [3.05, 3.63) is 51.2 Å². The standard InChI is InChI=1S/C13H13BrClN3O/c1-18-7-9(6-17-18)13(16)12(19)4-8-2-3-10(14)5-11(8)15/h2-3,5-7,13H,4,16H2,1H3. The molecule has 0 aliphatic rings. The Bertz CT molecular complexity index is 612. The Balaban J connectivity index is 2.12. The Morgan fingerprint density at radius 1 is 1.58 bits per heavy atom. The molecule has 2 N–H and O–H groups in total. The molecular formula is C13H13BrClN3O. The van der Waals surface area contributed by atoms with Gasteiger partial charge < -0.3 is 5.73 Å². The lowest BCUT2D eigenvalue weighted by atomic mass is 10.0. The number of aromatic nitrogens is 2. The predicted octanol–water partition coefficient (Wildman–Crippen LogP) is 2.65. The largest absolute Gasteiger partial charge is 0.318 e. The van der Waals surface area contributed by atoms with Gasteiger partial charge >= 0.3 is 0 Å². The Morgan fingerprint density at radius 3 is 2.89 bits per heavy atom. The second-order valence-corrected chi connectivity index (χ2v) is 5.63. The molecule has 1 aromatic carbocycles. The van der Waals surface area contributed by atoms with Crippen LogP contribution in [0.25, 0.3) is 0 Å². The number of carbonyl (C=O) groups is 1. The van der Waals surface area contributed by atoms with Gasteiger partial charge in [-0.25, -0.2) is 0 Å². The zero-order valence-electron chi connectivity index (χ0n) is 10.3. The van der Waals surface area contributed by atoms with Crippen molar-refractivity contribution in [2.75, 3.05) is 0 Å². The molecule has 0 bridgehead atoms. The summed E-state index contributed by atoms with van der Waals surface area (Å²) in [5, 5.41) is 4.57. The molecule has 6 heteroatoms. The Hall–Kier alpha value is -1.17. The van der Waals surface area contributed by atoms with E-state index >= 15 is 0 Å². The molecule has 0 amide bonds. The van der Waals surface area contributed by atoms with Crippen molar-refractivity contribution in [1.29, 1.82) is 0 Å². The quantitative estimate of drug-likeness (QED) is 0.929. The highest BCUT2D eigenvalue weighted by molar-refractivity contribution is 9.10. The highest BCUT2D eigenvalue weighted by Gasteiger charge is 2.18. The summed E-state index contributed by atoms with van der Waals surface area (Å²) in [6, 6.07) is 4.76. The third-order valence-electron chi connectivity index (χ3n) is 2.81. The monoisotopic (exact) mass is 341 g/mol. The van der Waals surface area contributed by atoms with Crippen LogP contribution in [0.15, 0.2) is 35.1 Å². The molecule has 0 aliphatic carbocycles. The van der Waals surface area contributed by atoms with Gasteiger partial charge in [0.1, 0.15) is 0 Å². The van der Waals surface area contributed by atoms with Gasteiger partial charge in [-0.15, -0.1) is 0 Å². The first-order valence-electron chi connectivity index (χ1n) is 5.68. The van der Waals surface area contributed by atoms with E-state index in [2.05, 4.69) is 21.0 Å². The average Bonchev–Trinajstić information content (AvgIpc) is 2.78. The van der Waals surface area contributed by atoms with Gasteiger partial charge in [0.05, 0.1) is 12.2 Å². The molecule has 19 heavy (non-hydrogen) atoms. The van der Waals surface area contributed by atoms with E-state index < -0.39 is 6.04 Å². The highest BCUT2D eigenvalue weighted by Crippen LogP contribution is 2.23. The van der Waals surface area contributed by atoms with Crippen molar-refractivity contribution in [2.24, 2.45) is 12.8 Å². The molecule has 0 saturated carbocycles. The minimum absolute atomic E-state index is 0.0859. The number of Topliss-reactive ketones (excluding diaryl/α,β-unsaturated/α-hetero) is 1. The van der Waals surface area contributed by atoms with Crippen LogP contribution in [0.4, 0.5) is 0 Å². The van der Waals surface area contributed by atoms with Gasteiger partial charge in [0, 0.05) is 34.7 Å². The van der Waals surface area contributed by atoms with Gasteiger partial charge in [-0.3, -0.25) is 9.48 Å². The topological polar surface area (TPSA) is 60.9 Å². The molecule has 1 aromatic heterocycles. The Kier molecular flexibility index (Phi) is 4.39. The Morgan fingerprint density at radius 2 is 2.32 bits per heavy atom. The fourth-order valence-corrected chi connectivity index (χ4v) is 2.49. The second-order valence-electron chi connectivity index (χ2n) is 4.30. The molecule has 100 valence electrons. The van der Waals surface area contributed by atoms with E-state index in [1.54, 1.807) is 30.2 Å². The summed E-state index contributed by atoms with van der Waals surface area (Å²) in [6.07, 6.45) is 3.56. The van der Waals surface area contributed by atoms with Crippen LogP contribution in [-0.4, -0.2) is 15.6 Å². The second kappa shape index (κ2) is 5.86. The number of ketones is 1. The molecular weight excluding hydrogens is 330 g/mol. The number of benzene rings is 1. The van der Waals surface area contributed by atoms with E-state index in [0.29, 0.717) is 10.6 Å². The lowest BCUT2D eigenvalue weighted by Gasteiger charge is -2.09. The van der Waals surface area contributed by atoms with Crippen LogP contribution < -0.4 is 5.73 Å². The number of rotatable bonds is 4. The maximum atomic E-state index is 12.1. The molecule has 0 aliphatic heterocycles. The molecule has 4 nitrogen and oxygen atoms in total. The first-order valence-corrected chi connectivity index (χ1v) is 6.85. The van der Waals surface area contributed by atoms with E-state index in [4.69, 9.17) is 17.3 Å². The molecule has 1 heterocycles. The first kappa shape index (κ1) is 14.2. The number of hydrogen-bond donors (Lipinski definition) is 1. The predicted molar refractivity (Wildman–Crippen MR) is 78.0 cm³/mol. The summed E-state index contributed by atoms with van der Waals surface area (Å²) in [4.78, 5) is 12.1. The van der Waals surface area contributed by atoms with Crippen molar-refractivity contribution in [2.45, 2.75) is 12.5 Å². The van der Waals surface area contributed by atoms with Crippen LogP contribution in [0.1, 0.15) is 17.2 Å².